The van der Waals surface area contributed by atoms with Crippen LogP contribution in [0.4, 0.5) is 0 Å². The molecule has 0 atom stereocenters. The summed E-state index contributed by atoms with van der Waals surface area (Å²) < 4.78 is 45.1. The fourth-order valence-corrected chi connectivity index (χ4v) is 9.89. The molecule has 0 saturated heterocycles. The van der Waals surface area contributed by atoms with Gasteiger partial charge in [0, 0.05) is 141 Å². The van der Waals surface area contributed by atoms with Crippen molar-refractivity contribution in [2.24, 2.45) is 0 Å². The van der Waals surface area contributed by atoms with Crippen molar-refractivity contribution in [1.29, 1.82) is 0 Å². The van der Waals surface area contributed by atoms with Crippen LogP contribution in [0.2, 0.25) is 0 Å². The van der Waals surface area contributed by atoms with Crippen LogP contribution in [0.25, 0.3) is 0 Å². The molecule has 0 rings (SSSR count). The Morgan fingerprint density at radius 1 is 0.316 bits per heavy atom. The number of nitrogens with zero attached hydrogens (tertiary/aromatic N) is 8. The van der Waals surface area contributed by atoms with Gasteiger partial charge in [0.25, 0.3) is 0 Å². The van der Waals surface area contributed by atoms with E-state index in [1.807, 2.05) is 40.1 Å². The van der Waals surface area contributed by atoms with Crippen LogP contribution in [0.3, 0.4) is 0 Å². The highest BCUT2D eigenvalue weighted by atomic mass is 16.6. The summed E-state index contributed by atoms with van der Waals surface area (Å²) in [6, 6.07) is 1.87. The molecule has 0 aliphatic heterocycles. The summed E-state index contributed by atoms with van der Waals surface area (Å²) in [4.78, 5) is 105. The Balaban J connectivity index is -0.000000139. The zero-order chi connectivity index (χ0) is 104. The molecule has 0 unspecified atom stereocenters. The van der Waals surface area contributed by atoms with Crippen molar-refractivity contribution in [1.82, 2.24) is 55.1 Å². The van der Waals surface area contributed by atoms with Gasteiger partial charge in [-0.3, -0.25) is 24.4 Å². The number of hydrogen-bond donors (Lipinski definition) is 3. The summed E-state index contributed by atoms with van der Waals surface area (Å²) in [7, 11) is 9.75. The topological polar surface area (TPSA) is 282 Å². The molecule has 28 nitrogen and oxygen atoms in total. The van der Waals surface area contributed by atoms with Gasteiger partial charge in [0.1, 0.15) is 71.0 Å². The van der Waals surface area contributed by atoms with Crippen molar-refractivity contribution in [3.8, 4) is 0 Å². The maximum absolute atomic E-state index is 11.2. The lowest BCUT2D eigenvalue weighted by Gasteiger charge is -2.30. The molecule has 780 valence electrons. The van der Waals surface area contributed by atoms with Gasteiger partial charge in [-0.1, -0.05) is 167 Å². The van der Waals surface area contributed by atoms with Crippen molar-refractivity contribution in [2.75, 3.05) is 219 Å². The molecule has 0 bridgehead atoms. The molecule has 133 heavy (non-hydrogen) atoms. The number of hydrogen-bond acceptors (Lipinski definition) is 27. The van der Waals surface area contributed by atoms with Crippen molar-refractivity contribution < 1.29 is 81.0 Å². The predicted octanol–water partition coefficient (Wildman–Crippen LogP) is 17.5. The highest BCUT2D eigenvalue weighted by Gasteiger charge is 2.17. The van der Waals surface area contributed by atoms with E-state index >= 15 is 0 Å². The smallest absolute Gasteiger partial charge is 0.333 e. The average Bonchev–Trinajstić information content (AvgIpc) is 0.924. The lowest BCUT2D eigenvalue weighted by atomic mass is 10.1. The minimum atomic E-state index is -0.350. The summed E-state index contributed by atoms with van der Waals surface area (Å²) in [5, 5.41) is 8.93. The molecule has 0 aromatic carbocycles. The van der Waals surface area contributed by atoms with Crippen molar-refractivity contribution in [2.45, 2.75) is 268 Å². The molecule has 0 spiro atoms. The Hall–Kier alpha value is -8.16. The monoisotopic (exact) mass is 1890 g/mol. The predicted molar refractivity (Wildman–Crippen MR) is 562 cm³/mol. The van der Waals surface area contributed by atoms with Crippen LogP contribution in [-0.4, -0.2) is 336 Å². The Kier molecular flexibility index (Phi) is 114. The van der Waals surface area contributed by atoms with Gasteiger partial charge in [-0.2, -0.15) is 0 Å². The van der Waals surface area contributed by atoms with E-state index in [-0.39, 0.29) is 60.7 Å². The summed E-state index contributed by atoms with van der Waals surface area (Å²) in [6.45, 7) is 114. The molecular weight excluding hydrogens is 1690 g/mol. The Morgan fingerprint density at radius 3 is 0.820 bits per heavy atom. The zero-order valence-corrected chi connectivity index (χ0v) is 89.8. The molecule has 28 heteroatoms. The molecule has 0 saturated carbocycles. The van der Waals surface area contributed by atoms with Gasteiger partial charge in [-0.15, -0.1) is 0 Å². The molecule has 0 fully saturated rings. The van der Waals surface area contributed by atoms with Crippen LogP contribution in [0.5, 0.6) is 0 Å². The normalized spacial score (nSPS) is 10.3. The average molecular weight is 1890 g/mol. The third kappa shape index (κ3) is 116. The highest BCUT2D eigenvalue weighted by molar-refractivity contribution is 5.92. The number of nitrogens with one attached hydrogen (secondary N) is 3. The molecule has 0 aliphatic rings. The van der Waals surface area contributed by atoms with Gasteiger partial charge < -0.3 is 78.2 Å². The third-order valence-electron chi connectivity index (χ3n) is 17.9. The lowest BCUT2D eigenvalue weighted by molar-refractivity contribution is -0.140. The molecular formula is C105H203N11O17. The maximum atomic E-state index is 11.2. The minimum absolute atomic E-state index is 0. The number of rotatable bonds is 63. The lowest BCUT2D eigenvalue weighted by Crippen LogP contribution is -2.39. The quantitative estimate of drug-likeness (QED) is 0.0127. The van der Waals surface area contributed by atoms with Gasteiger partial charge in [0.2, 0.25) is 5.91 Å². The number of allylic oxidation sites excluding steroid dienone is 2. The fraction of sp³-hybridized carbons (Fsp3) is 0.695. The number of ether oxygens (including phenoxy) is 9. The van der Waals surface area contributed by atoms with Gasteiger partial charge >= 0.3 is 41.8 Å². The van der Waals surface area contributed by atoms with Crippen LogP contribution < -0.4 is 16.0 Å². The fourth-order valence-electron chi connectivity index (χ4n) is 9.89. The number of esters is 7. The van der Waals surface area contributed by atoms with Crippen molar-refractivity contribution in [3.05, 3.63) is 148 Å². The van der Waals surface area contributed by atoms with Gasteiger partial charge in [0.05, 0.1) is 0 Å². The van der Waals surface area contributed by atoms with E-state index in [0.717, 1.165) is 124 Å². The number of amides is 1. The standard InChI is InChI=1S/C14H27NO2.C13H25NO2.C12H23NO2.C11H21NO2.2C10H19NO2.C10H19NO.C9H18N2O.C8H15NO2.C7H13NO.CH4/c1-5-7-9-15(10-8-6-2)11-12-17-14(16)13(3)4;1-4-7-9-14(10-8-5-2)11-12-16-13(15)6-3;1-9(2)12(14)15-8-7-13(10(3)4)11(5)6;1-6-11(13)14-8-7-12(9(2)3)10(4)5;1-8(2)9(12)13-7-6-11-10(3,4)5;1-5-11(6-2)7-8-13-10(12)9(3)4;1-5-10(4)12-9-8-11(6-2)7-3;1-8(2)9(12)10-6-5-7-11(3)4;1-7(2)8(10)11-6-5-9(3)4;1-4-7(2)9-6-5-8-3;/h3,5-12H2,1-2,4H3;6H,3-5,7-12H2,1-2H3;10-11H,1,7-8H2,2-6H3;6,9-10H,1,7-8H2,2-5H3;11H,1,6-7H2,2-5H3;3,5-8H2,1-2,4H3;5H,1,4,6-9H2,2-3H3;1,5-7H2,2-4H3,(H,10,12);1,5-6H2,2-4H3;4,8H,1-2,5-6H2,3H3;1H4. The minimum Gasteiger partial charge on any atom is -0.493 e. The Bertz CT molecular complexity index is 3030. The SMILES string of the molecule is C.C=C(C)C(=O)NCCCN(C)C.C=C(C)C(=O)OCCN(C(C)C)C(C)C.C=C(C)C(=O)OCCN(C)C.C=C(C)C(=O)OCCN(CC)CC.C=C(C)C(=O)OCCN(CCCC)CCCC.C=C(C)C(=O)OCCNC(C)(C)C.C=CC(=C)OCCN(CC)CC.C=CC(=C)OCCNC.C=CC(=O)OCCN(C(C)C)C(C)C.C=CC(=O)OCCN(CCCC)CCCC. The number of carbonyl (C=O) groups is 8. The number of carbonyl (C=O) groups excluding carboxylic acids is 8. The summed E-state index contributed by atoms with van der Waals surface area (Å²) in [5.74, 6) is -0.960. The molecule has 3 N–H and O–H groups in total. The van der Waals surface area contributed by atoms with Crippen LogP contribution in [0, 0.1) is 0 Å². The third-order valence-corrected chi connectivity index (χ3v) is 17.9. The van der Waals surface area contributed by atoms with Gasteiger partial charge in [0.15, 0.2) is 0 Å². The van der Waals surface area contributed by atoms with Crippen LogP contribution in [0.15, 0.2) is 148 Å². The second-order valence-electron chi connectivity index (χ2n) is 33.6. The number of likely N-dealkylation sites (N-methyl/N-ethyl adjacent to an activating group) is 4. The van der Waals surface area contributed by atoms with Gasteiger partial charge in [-0.25, -0.2) is 33.6 Å². The van der Waals surface area contributed by atoms with E-state index in [9.17, 15) is 38.4 Å². The van der Waals surface area contributed by atoms with Crippen molar-refractivity contribution in [3.63, 3.8) is 0 Å². The van der Waals surface area contributed by atoms with E-state index in [4.69, 9.17) is 42.6 Å². The van der Waals surface area contributed by atoms with Crippen LogP contribution in [0.1, 0.15) is 238 Å². The van der Waals surface area contributed by atoms with E-state index < -0.39 is 0 Å². The maximum Gasteiger partial charge on any atom is 0.333 e. The molecule has 0 radical (unpaired) electrons. The Labute approximate surface area is 815 Å². The second-order valence-corrected chi connectivity index (χ2v) is 33.6. The molecule has 0 aliphatic carbocycles. The van der Waals surface area contributed by atoms with Gasteiger partial charge in [-0.05, 0) is 256 Å². The molecule has 0 aromatic rings. The van der Waals surface area contributed by atoms with E-state index in [2.05, 4.69) is 261 Å². The highest BCUT2D eigenvalue weighted by Crippen LogP contribution is 2.08. The first-order chi connectivity index (χ1) is 61.8. The summed E-state index contributed by atoms with van der Waals surface area (Å²) >= 11 is 0. The number of unbranched alkanes of at least 4 members (excludes halogenated alkanes) is 4. The van der Waals surface area contributed by atoms with E-state index in [1.165, 1.54) is 63.5 Å². The largest absolute Gasteiger partial charge is 0.493 e. The summed E-state index contributed by atoms with van der Waals surface area (Å²) in [6.07, 6.45) is 16.2. The van der Waals surface area contributed by atoms with E-state index in [0.29, 0.717) is 135 Å². The van der Waals surface area contributed by atoms with E-state index in [1.54, 1.807) is 53.7 Å². The second kappa shape index (κ2) is 103. The van der Waals surface area contributed by atoms with Crippen LogP contribution >= 0.6 is 0 Å². The van der Waals surface area contributed by atoms with Crippen LogP contribution in [-0.2, 0) is 81.0 Å². The first-order valence-electron chi connectivity index (χ1n) is 47.4. The molecule has 0 aromatic heterocycles. The first kappa shape index (κ1) is 148. The Morgan fingerprint density at radius 2 is 0.571 bits per heavy atom. The first-order valence-corrected chi connectivity index (χ1v) is 47.4. The molecule has 1 amide bonds. The summed E-state index contributed by atoms with van der Waals surface area (Å²) in [5.41, 5.74) is 2.91. The zero-order valence-electron chi connectivity index (χ0n) is 89.8. The van der Waals surface area contributed by atoms with Crippen molar-refractivity contribution >= 4 is 47.7 Å². The molecule has 0 heterocycles.